The Morgan fingerprint density at radius 3 is 1.89 bits per heavy atom. The first kappa shape index (κ1) is 25.8. The summed E-state index contributed by atoms with van der Waals surface area (Å²) in [4.78, 5) is 0. The van der Waals surface area contributed by atoms with Crippen molar-refractivity contribution in [3.63, 3.8) is 0 Å². The fourth-order valence-corrected chi connectivity index (χ4v) is 6.03. The van der Waals surface area contributed by atoms with Crippen molar-refractivity contribution in [2.24, 2.45) is 11.8 Å². The van der Waals surface area contributed by atoms with Crippen molar-refractivity contribution in [2.45, 2.75) is 83.0 Å². The van der Waals surface area contributed by atoms with Crippen LogP contribution in [0.2, 0.25) is 0 Å². The largest absolute Gasteiger partial charge is 0.491 e. The lowest BCUT2D eigenvalue weighted by molar-refractivity contribution is 0.300. The van der Waals surface area contributed by atoms with Crippen LogP contribution in [0.25, 0.3) is 0 Å². The van der Waals surface area contributed by atoms with Crippen LogP contribution in [0.3, 0.4) is 0 Å². The maximum absolute atomic E-state index is 15.1. The summed E-state index contributed by atoms with van der Waals surface area (Å²) in [5, 5.41) is 0. The van der Waals surface area contributed by atoms with E-state index in [1.54, 1.807) is 19.1 Å². The average Bonchev–Trinajstić information content (AvgIpc) is 2.88. The van der Waals surface area contributed by atoms with Crippen LogP contribution >= 0.6 is 0 Å². The standard InChI is InChI=1S/C30H36F4O/c1-3-19-5-10-21(11-6-19)24-16-17-25(29(33)28(24)32)22-12-7-20(8-13-22)9-14-23-15-18-26(35-4-2)30(34)27(23)31/h3,15-22H,1,4-14H2,2H3. The molecule has 2 saturated carbocycles. The van der Waals surface area contributed by atoms with Crippen molar-refractivity contribution in [2.75, 3.05) is 6.61 Å². The first-order valence-electron chi connectivity index (χ1n) is 13.1. The molecule has 0 aliphatic heterocycles. The van der Waals surface area contributed by atoms with Gasteiger partial charge in [-0.3, -0.25) is 0 Å². The molecule has 2 aliphatic carbocycles. The van der Waals surface area contributed by atoms with Crippen LogP contribution in [0, 0.1) is 35.1 Å². The Hall–Kier alpha value is -2.30. The molecule has 0 N–H and O–H groups in total. The van der Waals surface area contributed by atoms with E-state index in [9.17, 15) is 8.78 Å². The molecule has 0 heterocycles. The molecule has 0 amide bonds. The molecule has 0 spiro atoms. The van der Waals surface area contributed by atoms with Crippen LogP contribution < -0.4 is 4.74 Å². The summed E-state index contributed by atoms with van der Waals surface area (Å²) in [6.07, 6.45) is 10.2. The van der Waals surface area contributed by atoms with Gasteiger partial charge in [0.15, 0.2) is 23.2 Å². The Kier molecular flexibility index (Phi) is 8.56. The van der Waals surface area contributed by atoms with Gasteiger partial charge in [-0.05, 0) is 118 Å². The minimum Gasteiger partial charge on any atom is -0.491 e. The Morgan fingerprint density at radius 2 is 1.34 bits per heavy atom. The van der Waals surface area contributed by atoms with E-state index >= 15 is 8.78 Å². The van der Waals surface area contributed by atoms with Gasteiger partial charge in [0.1, 0.15) is 0 Å². The Morgan fingerprint density at radius 1 is 0.771 bits per heavy atom. The van der Waals surface area contributed by atoms with Crippen LogP contribution in [0.4, 0.5) is 17.6 Å². The van der Waals surface area contributed by atoms with E-state index in [-0.39, 0.29) is 24.2 Å². The summed E-state index contributed by atoms with van der Waals surface area (Å²) in [5.41, 5.74) is 1.37. The highest BCUT2D eigenvalue weighted by atomic mass is 19.2. The molecule has 0 unspecified atom stereocenters. The first-order chi connectivity index (χ1) is 16.9. The SMILES string of the molecule is C=CC1CCC(c2ccc(C3CCC(CCc4ccc(OCC)c(F)c4F)CC3)c(F)c2F)CC1. The molecule has 4 rings (SSSR count). The molecular weight excluding hydrogens is 452 g/mol. The molecule has 2 aromatic carbocycles. The van der Waals surface area contributed by atoms with Gasteiger partial charge in [0.2, 0.25) is 5.82 Å². The lowest BCUT2D eigenvalue weighted by Crippen LogP contribution is -2.17. The Balaban J connectivity index is 1.33. The molecule has 0 saturated heterocycles. The van der Waals surface area contributed by atoms with Gasteiger partial charge in [0.25, 0.3) is 0 Å². The lowest BCUT2D eigenvalue weighted by atomic mass is 9.75. The summed E-state index contributed by atoms with van der Waals surface area (Å²) in [6.45, 7) is 5.86. The van der Waals surface area contributed by atoms with Crippen LogP contribution in [0.1, 0.15) is 93.2 Å². The molecule has 1 nitrogen and oxygen atoms in total. The van der Waals surface area contributed by atoms with E-state index in [1.165, 1.54) is 6.07 Å². The van der Waals surface area contributed by atoms with Gasteiger partial charge in [-0.2, -0.15) is 4.39 Å². The molecular formula is C30H36F4O. The third-order valence-electron chi connectivity index (χ3n) is 8.22. The van der Waals surface area contributed by atoms with E-state index in [4.69, 9.17) is 4.74 Å². The molecule has 0 aromatic heterocycles. The molecule has 2 aliphatic rings. The van der Waals surface area contributed by atoms with Crippen molar-refractivity contribution in [1.82, 2.24) is 0 Å². The third-order valence-corrected chi connectivity index (χ3v) is 8.22. The number of halogens is 4. The summed E-state index contributed by atoms with van der Waals surface area (Å²) in [5.74, 6) is -2.22. The maximum atomic E-state index is 15.1. The molecule has 190 valence electrons. The second kappa shape index (κ2) is 11.6. The van der Waals surface area contributed by atoms with Crippen LogP contribution in [-0.2, 0) is 6.42 Å². The van der Waals surface area contributed by atoms with Gasteiger partial charge in [-0.25, -0.2) is 13.2 Å². The zero-order valence-corrected chi connectivity index (χ0v) is 20.6. The predicted molar refractivity (Wildman–Crippen MR) is 132 cm³/mol. The first-order valence-corrected chi connectivity index (χ1v) is 13.1. The zero-order chi connectivity index (χ0) is 24.9. The normalized spacial score (nSPS) is 24.8. The average molecular weight is 489 g/mol. The van der Waals surface area contributed by atoms with Crippen LogP contribution in [0.15, 0.2) is 36.9 Å². The number of ether oxygens (including phenoxy) is 1. The Labute approximate surface area is 206 Å². The van der Waals surface area contributed by atoms with Crippen molar-refractivity contribution >= 4 is 0 Å². The second-order valence-electron chi connectivity index (χ2n) is 10.3. The van der Waals surface area contributed by atoms with Gasteiger partial charge < -0.3 is 4.74 Å². The summed E-state index contributed by atoms with van der Waals surface area (Å²) >= 11 is 0. The fourth-order valence-electron chi connectivity index (χ4n) is 6.03. The van der Waals surface area contributed by atoms with E-state index in [0.717, 1.165) is 57.8 Å². The molecule has 2 fully saturated rings. The summed E-state index contributed by atoms with van der Waals surface area (Å²) in [6, 6.07) is 6.69. The number of rotatable bonds is 8. The molecule has 5 heteroatoms. The van der Waals surface area contributed by atoms with E-state index in [2.05, 4.69) is 6.58 Å². The number of hydrogen-bond acceptors (Lipinski definition) is 1. The van der Waals surface area contributed by atoms with E-state index in [1.807, 2.05) is 12.1 Å². The van der Waals surface area contributed by atoms with E-state index < -0.39 is 23.3 Å². The number of hydrogen-bond donors (Lipinski definition) is 0. The second-order valence-corrected chi connectivity index (χ2v) is 10.3. The molecule has 0 radical (unpaired) electrons. The fraction of sp³-hybridized carbons (Fsp3) is 0.533. The third kappa shape index (κ3) is 5.76. The highest BCUT2D eigenvalue weighted by Crippen LogP contribution is 2.42. The molecule has 35 heavy (non-hydrogen) atoms. The summed E-state index contributed by atoms with van der Waals surface area (Å²) < 4.78 is 63.8. The topological polar surface area (TPSA) is 9.23 Å². The number of benzene rings is 2. The molecule has 0 bridgehead atoms. The molecule has 2 aromatic rings. The van der Waals surface area contributed by atoms with Gasteiger partial charge in [0.05, 0.1) is 6.61 Å². The van der Waals surface area contributed by atoms with Gasteiger partial charge in [0, 0.05) is 0 Å². The van der Waals surface area contributed by atoms with Crippen molar-refractivity contribution in [3.8, 4) is 5.75 Å². The minimum absolute atomic E-state index is 0.00552. The van der Waals surface area contributed by atoms with Gasteiger partial charge >= 0.3 is 0 Å². The quantitative estimate of drug-likeness (QED) is 0.266. The lowest BCUT2D eigenvalue weighted by Gasteiger charge is -2.30. The summed E-state index contributed by atoms with van der Waals surface area (Å²) in [7, 11) is 0. The number of allylic oxidation sites excluding steroid dienone is 1. The highest BCUT2D eigenvalue weighted by Gasteiger charge is 2.29. The maximum Gasteiger partial charge on any atom is 0.200 e. The Bertz CT molecular complexity index is 1020. The van der Waals surface area contributed by atoms with Crippen molar-refractivity contribution < 1.29 is 22.3 Å². The van der Waals surface area contributed by atoms with Crippen molar-refractivity contribution in [1.29, 1.82) is 0 Å². The minimum atomic E-state index is -0.928. The van der Waals surface area contributed by atoms with Crippen molar-refractivity contribution in [3.05, 3.63) is 76.9 Å². The van der Waals surface area contributed by atoms with Gasteiger partial charge in [-0.15, -0.1) is 6.58 Å². The monoisotopic (exact) mass is 488 g/mol. The van der Waals surface area contributed by atoms with E-state index in [0.29, 0.717) is 34.9 Å². The predicted octanol–water partition coefficient (Wildman–Crippen LogP) is 9.01. The molecule has 0 atom stereocenters. The smallest absolute Gasteiger partial charge is 0.200 e. The van der Waals surface area contributed by atoms with Crippen LogP contribution in [0.5, 0.6) is 5.75 Å². The van der Waals surface area contributed by atoms with Crippen LogP contribution in [-0.4, -0.2) is 6.61 Å². The van der Waals surface area contributed by atoms with Gasteiger partial charge in [-0.1, -0.05) is 24.3 Å². The highest BCUT2D eigenvalue weighted by molar-refractivity contribution is 5.33. The zero-order valence-electron chi connectivity index (χ0n) is 20.6. The number of aryl methyl sites for hydroxylation is 1.